The van der Waals surface area contributed by atoms with Crippen LogP contribution in [-0.4, -0.2) is 58.8 Å². The van der Waals surface area contributed by atoms with Crippen molar-refractivity contribution in [3.05, 3.63) is 36.2 Å². The van der Waals surface area contributed by atoms with E-state index in [1.54, 1.807) is 27.7 Å². The number of nitrogens with two attached hydrogens (primary N) is 2. The van der Waals surface area contributed by atoms with Crippen LogP contribution in [0, 0.1) is 5.92 Å². The minimum atomic E-state index is -1.43. The van der Waals surface area contributed by atoms with Crippen LogP contribution in [0.5, 0.6) is 5.75 Å². The maximum atomic E-state index is 12.9. The molecule has 2 aromatic rings. The molecule has 10 nitrogen and oxygen atoms in total. The molecule has 0 amide bonds. The molecule has 1 saturated heterocycles. The summed E-state index contributed by atoms with van der Waals surface area (Å²) in [4.78, 5) is 18.0. The Labute approximate surface area is 218 Å². The predicted molar refractivity (Wildman–Crippen MR) is 138 cm³/mol. The van der Waals surface area contributed by atoms with Gasteiger partial charge in [0.15, 0.2) is 6.54 Å². The summed E-state index contributed by atoms with van der Waals surface area (Å²) in [7, 11) is 0. The standard InChI is InChI=1S/C27H42N5O5/c1-26(2,3)36-25(34)27(4,37-29)24-8-6-20-11-19(5-7-23(20)35-24)21-15-31(14-18-9-10-30-13-18)32(16-21)17-22(33)12-28/h5,7,11,15-16,18,22,24,30,33H,6,8-10,12-14,17,28-29H2,1-4H3/q+1/t18-,22?,24-,27?/m1/s1. The molecule has 204 valence electrons. The van der Waals surface area contributed by atoms with Gasteiger partial charge >= 0.3 is 5.97 Å². The van der Waals surface area contributed by atoms with Crippen LogP contribution in [0.25, 0.3) is 11.1 Å². The number of aliphatic hydroxyl groups is 1. The van der Waals surface area contributed by atoms with Gasteiger partial charge < -0.3 is 25.6 Å². The summed E-state index contributed by atoms with van der Waals surface area (Å²) in [5.74, 6) is 6.29. The third kappa shape index (κ3) is 6.32. The van der Waals surface area contributed by atoms with Gasteiger partial charge in [0.25, 0.3) is 0 Å². The SMILES string of the molecule is CC(C)(C)OC(=O)C(C)(ON)[C@H]1CCc2cc(-c3cn(C[C@@H]4CCNC4)[n+](CC(O)CN)c3)ccc2O1. The highest BCUT2D eigenvalue weighted by atomic mass is 16.7. The summed E-state index contributed by atoms with van der Waals surface area (Å²) in [6.45, 7) is 10.6. The van der Waals surface area contributed by atoms with E-state index < -0.39 is 29.4 Å². The molecule has 0 radical (unpaired) electrons. The van der Waals surface area contributed by atoms with Crippen molar-refractivity contribution in [2.75, 3.05) is 19.6 Å². The van der Waals surface area contributed by atoms with Crippen LogP contribution in [0.2, 0.25) is 0 Å². The van der Waals surface area contributed by atoms with Crippen LogP contribution < -0.4 is 26.4 Å². The molecule has 0 spiro atoms. The molecule has 10 heteroatoms. The van der Waals surface area contributed by atoms with Crippen molar-refractivity contribution in [3.63, 3.8) is 0 Å². The summed E-state index contributed by atoms with van der Waals surface area (Å²) in [6, 6.07) is 6.07. The van der Waals surface area contributed by atoms with Crippen molar-refractivity contribution in [1.82, 2.24) is 10.00 Å². The van der Waals surface area contributed by atoms with E-state index in [1.165, 1.54) is 0 Å². The van der Waals surface area contributed by atoms with Gasteiger partial charge in [-0.05, 0) is 89.2 Å². The minimum Gasteiger partial charge on any atom is -0.486 e. The fraction of sp³-hybridized carbons (Fsp3) is 0.630. The number of hydrogen-bond acceptors (Lipinski definition) is 8. The molecule has 2 aliphatic rings. The number of fused-ring (bicyclic) bond motifs is 1. The number of esters is 1. The fourth-order valence-electron chi connectivity index (χ4n) is 4.98. The lowest BCUT2D eigenvalue weighted by Crippen LogP contribution is -2.56. The first-order chi connectivity index (χ1) is 17.5. The lowest BCUT2D eigenvalue weighted by molar-refractivity contribution is -0.780. The number of hydrogen-bond donors (Lipinski definition) is 4. The second kappa shape index (κ2) is 11.1. The highest BCUT2D eigenvalue weighted by molar-refractivity contribution is 5.80. The molecule has 0 bridgehead atoms. The van der Waals surface area contributed by atoms with Crippen LogP contribution in [0.3, 0.4) is 0 Å². The molecule has 1 aromatic heterocycles. The number of aromatic nitrogens is 2. The van der Waals surface area contributed by atoms with E-state index >= 15 is 0 Å². The summed E-state index contributed by atoms with van der Waals surface area (Å²) >= 11 is 0. The monoisotopic (exact) mass is 516 g/mol. The normalized spacial score (nSPS) is 22.1. The third-order valence-corrected chi connectivity index (χ3v) is 7.19. The number of nitrogens with zero attached hydrogens (tertiary/aromatic N) is 2. The Morgan fingerprint density at radius 1 is 1.30 bits per heavy atom. The van der Waals surface area contributed by atoms with Crippen LogP contribution in [-0.2, 0) is 33.9 Å². The first-order valence-corrected chi connectivity index (χ1v) is 13.1. The number of aliphatic hydroxyl groups excluding tert-OH is 1. The highest BCUT2D eigenvalue weighted by Gasteiger charge is 2.48. The van der Waals surface area contributed by atoms with Gasteiger partial charge in [0.05, 0.1) is 18.3 Å². The van der Waals surface area contributed by atoms with E-state index in [-0.39, 0.29) is 6.54 Å². The second-order valence-electron chi connectivity index (χ2n) is 11.4. The minimum absolute atomic E-state index is 0.213. The molecule has 0 aliphatic carbocycles. The quantitative estimate of drug-likeness (QED) is 0.221. The van der Waals surface area contributed by atoms with Gasteiger partial charge in [-0.2, -0.15) is 4.68 Å². The van der Waals surface area contributed by atoms with Gasteiger partial charge in [-0.25, -0.2) is 10.7 Å². The lowest BCUT2D eigenvalue weighted by Gasteiger charge is -2.38. The van der Waals surface area contributed by atoms with Gasteiger partial charge in [0.2, 0.25) is 11.8 Å². The zero-order chi connectivity index (χ0) is 26.8. The zero-order valence-corrected chi connectivity index (χ0v) is 22.4. The molecule has 1 aromatic carbocycles. The summed E-state index contributed by atoms with van der Waals surface area (Å²) < 4.78 is 16.0. The van der Waals surface area contributed by atoms with E-state index in [1.807, 2.05) is 12.1 Å². The molecule has 3 heterocycles. The number of carbonyl (C=O) groups is 1. The molecule has 6 N–H and O–H groups in total. The van der Waals surface area contributed by atoms with Crippen LogP contribution in [0.4, 0.5) is 0 Å². The molecule has 4 rings (SSSR count). The Kier molecular flexibility index (Phi) is 8.25. The predicted octanol–water partition coefficient (Wildman–Crippen LogP) is 1.06. The Morgan fingerprint density at radius 3 is 2.73 bits per heavy atom. The zero-order valence-electron chi connectivity index (χ0n) is 22.4. The number of rotatable bonds is 9. The highest BCUT2D eigenvalue weighted by Crippen LogP contribution is 2.36. The van der Waals surface area contributed by atoms with Crippen molar-refractivity contribution >= 4 is 5.97 Å². The van der Waals surface area contributed by atoms with Crippen molar-refractivity contribution in [3.8, 4) is 16.9 Å². The summed E-state index contributed by atoms with van der Waals surface area (Å²) in [5.41, 5.74) is 6.77. The van der Waals surface area contributed by atoms with E-state index in [4.69, 9.17) is 25.9 Å². The molecule has 2 unspecified atom stereocenters. The van der Waals surface area contributed by atoms with Crippen molar-refractivity contribution in [1.29, 1.82) is 0 Å². The number of benzene rings is 1. The molecule has 1 fully saturated rings. The first-order valence-electron chi connectivity index (χ1n) is 13.1. The smallest absolute Gasteiger partial charge is 0.344 e. The molecule has 2 aliphatic heterocycles. The van der Waals surface area contributed by atoms with Gasteiger partial charge in [-0.15, -0.1) is 4.68 Å². The van der Waals surface area contributed by atoms with E-state index in [2.05, 4.69) is 33.1 Å². The molecular weight excluding hydrogens is 474 g/mol. The second-order valence-corrected chi connectivity index (χ2v) is 11.4. The van der Waals surface area contributed by atoms with E-state index in [9.17, 15) is 9.90 Å². The van der Waals surface area contributed by atoms with Crippen LogP contribution >= 0.6 is 0 Å². The van der Waals surface area contributed by atoms with Gasteiger partial charge in [0.1, 0.15) is 23.6 Å². The van der Waals surface area contributed by atoms with Gasteiger partial charge in [-0.1, -0.05) is 6.07 Å². The number of carbonyl (C=O) groups excluding carboxylic acids is 1. The average Bonchev–Trinajstić information content (AvgIpc) is 3.52. The van der Waals surface area contributed by atoms with E-state index in [0.29, 0.717) is 31.1 Å². The lowest BCUT2D eigenvalue weighted by atomic mass is 9.89. The molecule has 0 saturated carbocycles. The van der Waals surface area contributed by atoms with Crippen molar-refractivity contribution < 1.29 is 28.9 Å². The van der Waals surface area contributed by atoms with Crippen molar-refractivity contribution in [2.24, 2.45) is 17.5 Å². The summed E-state index contributed by atoms with van der Waals surface area (Å²) in [5, 5.41) is 13.6. The number of aryl methyl sites for hydroxylation is 1. The topological polar surface area (TPSA) is 138 Å². The van der Waals surface area contributed by atoms with Crippen molar-refractivity contribution in [2.45, 2.75) is 83.5 Å². The fourth-order valence-corrected chi connectivity index (χ4v) is 4.98. The average molecular weight is 517 g/mol. The maximum absolute atomic E-state index is 12.9. The van der Waals surface area contributed by atoms with E-state index in [0.717, 1.165) is 42.7 Å². The molecule has 4 atom stereocenters. The molecular formula is C27H42N5O5+. The number of nitrogens with one attached hydrogen (secondary N) is 1. The van der Waals surface area contributed by atoms with Crippen LogP contribution in [0.1, 0.15) is 46.1 Å². The first kappa shape index (κ1) is 27.5. The Morgan fingerprint density at radius 2 is 2.08 bits per heavy atom. The largest absolute Gasteiger partial charge is 0.486 e. The Balaban J connectivity index is 1.55. The van der Waals surface area contributed by atoms with Gasteiger partial charge in [0, 0.05) is 6.54 Å². The third-order valence-electron chi connectivity index (χ3n) is 7.19. The number of ether oxygens (including phenoxy) is 2. The van der Waals surface area contributed by atoms with Crippen LogP contribution in [0.15, 0.2) is 30.6 Å². The Hall–Kier alpha value is -2.50. The Bertz CT molecular complexity index is 1090. The van der Waals surface area contributed by atoms with Gasteiger partial charge in [-0.3, -0.25) is 4.84 Å². The maximum Gasteiger partial charge on any atom is 0.344 e. The summed E-state index contributed by atoms with van der Waals surface area (Å²) in [6.07, 6.45) is 5.42. The molecule has 37 heavy (non-hydrogen) atoms.